The van der Waals surface area contributed by atoms with Crippen molar-refractivity contribution >= 4 is 17.2 Å². The normalized spacial score (nSPS) is 11.1. The standard InChI is InChI=1S/C24H22N2O3/c1-16(2)23-25-20-8-4-5-9-21(20)26(23)15-17-11-13-18(14-12-17)19-7-3-6-10-22(19)29-24(27)28/h3-14,16H,15H2,1-2H3,(H,27,28). The van der Waals surface area contributed by atoms with Gasteiger partial charge in [-0.25, -0.2) is 9.78 Å². The van der Waals surface area contributed by atoms with E-state index in [0.717, 1.165) is 40.1 Å². The molecule has 146 valence electrons. The number of para-hydroxylation sites is 3. The van der Waals surface area contributed by atoms with Gasteiger partial charge in [-0.1, -0.05) is 68.4 Å². The number of carboxylic acid groups (broad SMARTS) is 1. The molecule has 0 aliphatic rings. The van der Waals surface area contributed by atoms with Gasteiger partial charge in [-0.2, -0.15) is 0 Å². The smallest absolute Gasteiger partial charge is 0.449 e. The molecule has 0 aliphatic heterocycles. The third kappa shape index (κ3) is 3.85. The minimum Gasteiger partial charge on any atom is -0.449 e. The van der Waals surface area contributed by atoms with Gasteiger partial charge in [0.2, 0.25) is 0 Å². The van der Waals surface area contributed by atoms with E-state index in [4.69, 9.17) is 14.8 Å². The molecule has 1 heterocycles. The lowest BCUT2D eigenvalue weighted by Crippen LogP contribution is -2.06. The van der Waals surface area contributed by atoms with E-state index in [2.05, 4.69) is 36.6 Å². The van der Waals surface area contributed by atoms with Crippen LogP contribution in [-0.2, 0) is 6.54 Å². The van der Waals surface area contributed by atoms with Gasteiger partial charge in [-0.05, 0) is 29.3 Å². The van der Waals surface area contributed by atoms with Crippen LogP contribution in [0, 0.1) is 0 Å². The Balaban J connectivity index is 1.66. The van der Waals surface area contributed by atoms with Gasteiger partial charge in [0, 0.05) is 18.0 Å². The number of hydrogen-bond acceptors (Lipinski definition) is 3. The predicted octanol–water partition coefficient (Wildman–Crippen LogP) is 5.93. The van der Waals surface area contributed by atoms with Crippen LogP contribution in [0.2, 0.25) is 0 Å². The SMILES string of the molecule is CC(C)c1nc2ccccc2n1Cc1ccc(-c2ccccc2OC(=O)O)cc1. The maximum Gasteiger partial charge on any atom is 0.511 e. The first kappa shape index (κ1) is 18.7. The fourth-order valence-corrected chi connectivity index (χ4v) is 3.56. The zero-order chi connectivity index (χ0) is 20.4. The maximum atomic E-state index is 10.9. The third-order valence-electron chi connectivity index (χ3n) is 4.89. The molecule has 0 atom stereocenters. The molecule has 0 radical (unpaired) electrons. The summed E-state index contributed by atoms with van der Waals surface area (Å²) >= 11 is 0. The number of benzene rings is 3. The molecule has 0 saturated carbocycles. The lowest BCUT2D eigenvalue weighted by molar-refractivity contribution is 0.144. The number of aromatic nitrogens is 2. The molecule has 5 nitrogen and oxygen atoms in total. The number of hydrogen-bond donors (Lipinski definition) is 1. The molecule has 0 unspecified atom stereocenters. The van der Waals surface area contributed by atoms with E-state index in [1.807, 2.05) is 42.5 Å². The van der Waals surface area contributed by atoms with Gasteiger partial charge in [0.15, 0.2) is 0 Å². The van der Waals surface area contributed by atoms with Gasteiger partial charge in [-0.3, -0.25) is 0 Å². The minimum absolute atomic E-state index is 0.321. The molecular formula is C24H22N2O3. The van der Waals surface area contributed by atoms with E-state index in [-0.39, 0.29) is 0 Å². The van der Waals surface area contributed by atoms with Crippen molar-refractivity contribution in [2.75, 3.05) is 0 Å². The predicted molar refractivity (Wildman–Crippen MR) is 113 cm³/mol. The highest BCUT2D eigenvalue weighted by atomic mass is 16.7. The van der Waals surface area contributed by atoms with Crippen molar-refractivity contribution in [3.8, 4) is 16.9 Å². The zero-order valence-corrected chi connectivity index (χ0v) is 16.4. The molecule has 0 aliphatic carbocycles. The van der Waals surface area contributed by atoms with Crippen molar-refractivity contribution in [1.82, 2.24) is 9.55 Å². The molecule has 5 heteroatoms. The average Bonchev–Trinajstić information content (AvgIpc) is 3.08. The van der Waals surface area contributed by atoms with Crippen LogP contribution in [0.5, 0.6) is 5.75 Å². The van der Waals surface area contributed by atoms with Gasteiger partial charge in [0.05, 0.1) is 11.0 Å². The summed E-state index contributed by atoms with van der Waals surface area (Å²) in [5.74, 6) is 1.72. The summed E-state index contributed by atoms with van der Waals surface area (Å²) < 4.78 is 7.17. The average molecular weight is 386 g/mol. The van der Waals surface area contributed by atoms with Crippen molar-refractivity contribution in [3.63, 3.8) is 0 Å². The van der Waals surface area contributed by atoms with Gasteiger partial charge in [0.1, 0.15) is 11.6 Å². The van der Waals surface area contributed by atoms with E-state index >= 15 is 0 Å². The Morgan fingerprint density at radius 1 is 1.00 bits per heavy atom. The van der Waals surface area contributed by atoms with Gasteiger partial charge in [0.25, 0.3) is 0 Å². The van der Waals surface area contributed by atoms with Crippen LogP contribution in [0.1, 0.15) is 31.2 Å². The summed E-state index contributed by atoms with van der Waals surface area (Å²) in [5, 5.41) is 8.95. The third-order valence-corrected chi connectivity index (χ3v) is 4.89. The van der Waals surface area contributed by atoms with Gasteiger partial charge >= 0.3 is 6.16 Å². The van der Waals surface area contributed by atoms with Crippen LogP contribution in [0.4, 0.5) is 4.79 Å². The summed E-state index contributed by atoms with van der Waals surface area (Å²) in [5.41, 5.74) is 4.94. The molecule has 1 N–H and O–H groups in total. The zero-order valence-electron chi connectivity index (χ0n) is 16.4. The molecule has 0 saturated heterocycles. The number of carbonyl (C=O) groups is 1. The quantitative estimate of drug-likeness (QED) is 0.341. The first-order valence-electron chi connectivity index (χ1n) is 9.57. The molecule has 1 aromatic heterocycles. The van der Waals surface area contributed by atoms with Crippen LogP contribution >= 0.6 is 0 Å². The van der Waals surface area contributed by atoms with E-state index in [1.165, 1.54) is 0 Å². The fourth-order valence-electron chi connectivity index (χ4n) is 3.56. The Hall–Kier alpha value is -3.60. The lowest BCUT2D eigenvalue weighted by atomic mass is 10.0. The second-order valence-electron chi connectivity index (χ2n) is 7.26. The highest BCUT2D eigenvalue weighted by molar-refractivity contribution is 5.76. The molecule has 4 rings (SSSR count). The van der Waals surface area contributed by atoms with Crippen molar-refractivity contribution in [1.29, 1.82) is 0 Å². The second-order valence-corrected chi connectivity index (χ2v) is 7.26. The van der Waals surface area contributed by atoms with Crippen molar-refractivity contribution in [2.24, 2.45) is 0 Å². The van der Waals surface area contributed by atoms with E-state index in [9.17, 15) is 4.79 Å². The van der Waals surface area contributed by atoms with Crippen LogP contribution in [0.15, 0.2) is 72.8 Å². The Bertz CT molecular complexity index is 1160. The number of fused-ring (bicyclic) bond motifs is 1. The number of rotatable bonds is 5. The Morgan fingerprint density at radius 3 is 2.41 bits per heavy atom. The molecule has 3 aromatic carbocycles. The molecule has 0 amide bonds. The fraction of sp³-hybridized carbons (Fsp3) is 0.167. The number of ether oxygens (including phenoxy) is 1. The Morgan fingerprint density at radius 2 is 1.69 bits per heavy atom. The molecule has 0 bridgehead atoms. The van der Waals surface area contributed by atoms with Gasteiger partial charge in [-0.15, -0.1) is 0 Å². The monoisotopic (exact) mass is 386 g/mol. The number of nitrogens with zero attached hydrogens (tertiary/aromatic N) is 2. The van der Waals surface area contributed by atoms with Crippen LogP contribution in [-0.4, -0.2) is 20.8 Å². The summed E-state index contributed by atoms with van der Waals surface area (Å²) in [6.07, 6.45) is -1.32. The van der Waals surface area contributed by atoms with Gasteiger partial charge < -0.3 is 14.4 Å². The van der Waals surface area contributed by atoms with Crippen molar-refractivity contribution < 1.29 is 14.6 Å². The molecular weight excluding hydrogens is 364 g/mol. The highest BCUT2D eigenvalue weighted by Crippen LogP contribution is 2.30. The molecule has 0 fully saturated rings. The summed E-state index contributed by atoms with van der Waals surface area (Å²) in [4.78, 5) is 15.8. The Labute approximate surface area is 169 Å². The largest absolute Gasteiger partial charge is 0.511 e. The van der Waals surface area contributed by atoms with E-state index in [0.29, 0.717) is 11.7 Å². The first-order chi connectivity index (χ1) is 14.0. The van der Waals surface area contributed by atoms with Crippen molar-refractivity contribution in [3.05, 3.63) is 84.2 Å². The highest BCUT2D eigenvalue weighted by Gasteiger charge is 2.14. The van der Waals surface area contributed by atoms with Crippen LogP contribution in [0.3, 0.4) is 0 Å². The topological polar surface area (TPSA) is 64.4 Å². The van der Waals surface area contributed by atoms with E-state index < -0.39 is 6.16 Å². The summed E-state index contributed by atoms with van der Waals surface area (Å²) in [7, 11) is 0. The molecule has 29 heavy (non-hydrogen) atoms. The maximum absolute atomic E-state index is 10.9. The number of imidazole rings is 1. The molecule has 0 spiro atoms. The van der Waals surface area contributed by atoms with Crippen molar-refractivity contribution in [2.45, 2.75) is 26.3 Å². The first-order valence-corrected chi connectivity index (χ1v) is 9.57. The second kappa shape index (κ2) is 7.80. The Kier molecular flexibility index (Phi) is 5.04. The van der Waals surface area contributed by atoms with Crippen LogP contribution in [0.25, 0.3) is 22.2 Å². The van der Waals surface area contributed by atoms with Crippen LogP contribution < -0.4 is 4.74 Å². The molecule has 4 aromatic rings. The summed E-state index contributed by atoms with van der Waals surface area (Å²) in [6, 6.07) is 23.4. The lowest BCUT2D eigenvalue weighted by Gasteiger charge is -2.13. The summed E-state index contributed by atoms with van der Waals surface area (Å²) in [6.45, 7) is 5.03. The van der Waals surface area contributed by atoms with E-state index in [1.54, 1.807) is 12.1 Å². The minimum atomic E-state index is -1.32.